The summed E-state index contributed by atoms with van der Waals surface area (Å²) in [5.74, 6) is -1.39. The van der Waals surface area contributed by atoms with Gasteiger partial charge in [0.1, 0.15) is 23.4 Å². The number of carbonyl (C=O) groups excluding carboxylic acids is 3. The molecule has 0 aliphatic heterocycles. The number of aliphatic hydroxyl groups is 2. The van der Waals surface area contributed by atoms with E-state index in [2.05, 4.69) is 10.6 Å². The lowest BCUT2D eigenvalue weighted by Gasteiger charge is -2.33. The molecular weight excluding hydrogens is 430 g/mol. The number of phenolic OH excluding ortho intramolecular Hbond substituents is 1. The quantitative estimate of drug-likeness (QED) is 0.292. The van der Waals surface area contributed by atoms with Gasteiger partial charge in [0, 0.05) is 13.1 Å². The van der Waals surface area contributed by atoms with E-state index < -0.39 is 48.8 Å². The van der Waals surface area contributed by atoms with Crippen molar-refractivity contribution in [3.8, 4) is 5.75 Å². The SMILES string of the molecule is CCCCCNC(=O)C(c1cccc(O)c1)N(CCO)C(=O)C(CO)NC(=O)OC(C)(C)C. The molecule has 33 heavy (non-hydrogen) atoms. The number of ether oxygens (including phenoxy) is 1. The second-order valence-electron chi connectivity index (χ2n) is 8.63. The number of rotatable bonds is 12. The minimum atomic E-state index is -1.40. The molecule has 0 saturated heterocycles. The van der Waals surface area contributed by atoms with Gasteiger partial charge in [0.25, 0.3) is 0 Å². The molecule has 0 aromatic heterocycles. The molecule has 0 aliphatic rings. The summed E-state index contributed by atoms with van der Waals surface area (Å²) in [5.41, 5.74) is -0.501. The molecular formula is C23H37N3O7. The van der Waals surface area contributed by atoms with Crippen LogP contribution < -0.4 is 10.6 Å². The molecule has 1 rings (SSSR count). The number of aliphatic hydroxyl groups excluding tert-OH is 2. The van der Waals surface area contributed by atoms with Crippen LogP contribution in [0.4, 0.5) is 4.79 Å². The number of alkyl carbamates (subject to hydrolysis) is 1. The van der Waals surface area contributed by atoms with E-state index in [4.69, 9.17) is 4.74 Å². The summed E-state index contributed by atoms with van der Waals surface area (Å²) in [6, 6.07) is 3.28. The van der Waals surface area contributed by atoms with Crippen LogP contribution in [0.25, 0.3) is 0 Å². The number of carbonyl (C=O) groups is 3. The summed E-state index contributed by atoms with van der Waals surface area (Å²) in [7, 11) is 0. The smallest absolute Gasteiger partial charge is 0.408 e. The molecule has 0 bridgehead atoms. The van der Waals surface area contributed by atoms with Gasteiger partial charge >= 0.3 is 6.09 Å². The van der Waals surface area contributed by atoms with Crippen molar-refractivity contribution >= 4 is 17.9 Å². The Morgan fingerprint density at radius 1 is 1.15 bits per heavy atom. The van der Waals surface area contributed by atoms with E-state index in [9.17, 15) is 29.7 Å². The first kappa shape index (κ1) is 28.2. The first-order chi connectivity index (χ1) is 15.5. The molecule has 2 atom stereocenters. The number of benzene rings is 1. The predicted octanol–water partition coefficient (Wildman–Crippen LogP) is 1.45. The molecule has 2 unspecified atom stereocenters. The molecule has 0 spiro atoms. The Morgan fingerprint density at radius 3 is 2.39 bits per heavy atom. The van der Waals surface area contributed by atoms with Crippen molar-refractivity contribution in [1.29, 1.82) is 0 Å². The van der Waals surface area contributed by atoms with Crippen molar-refractivity contribution in [3.05, 3.63) is 29.8 Å². The first-order valence-corrected chi connectivity index (χ1v) is 11.1. The molecule has 10 nitrogen and oxygen atoms in total. The fourth-order valence-corrected chi connectivity index (χ4v) is 3.16. The molecule has 0 heterocycles. The topological polar surface area (TPSA) is 148 Å². The number of nitrogens with zero attached hydrogens (tertiary/aromatic N) is 1. The minimum absolute atomic E-state index is 0.0988. The Labute approximate surface area is 194 Å². The van der Waals surface area contributed by atoms with Crippen molar-refractivity contribution in [2.24, 2.45) is 0 Å². The normalized spacial score (nSPS) is 13.0. The zero-order valence-electron chi connectivity index (χ0n) is 19.8. The predicted molar refractivity (Wildman–Crippen MR) is 122 cm³/mol. The van der Waals surface area contributed by atoms with Crippen molar-refractivity contribution in [1.82, 2.24) is 15.5 Å². The molecule has 1 aromatic rings. The molecule has 0 aliphatic carbocycles. The lowest BCUT2D eigenvalue weighted by atomic mass is 10.0. The maximum absolute atomic E-state index is 13.3. The first-order valence-electron chi connectivity index (χ1n) is 11.1. The van der Waals surface area contributed by atoms with Crippen LogP contribution in [0.3, 0.4) is 0 Å². The highest BCUT2D eigenvalue weighted by atomic mass is 16.6. The number of hydrogen-bond acceptors (Lipinski definition) is 7. The van der Waals surface area contributed by atoms with Crippen LogP contribution in [-0.4, -0.2) is 76.1 Å². The number of phenols is 1. The van der Waals surface area contributed by atoms with Crippen LogP contribution in [0, 0.1) is 0 Å². The van der Waals surface area contributed by atoms with Crippen LogP contribution in [0.1, 0.15) is 58.6 Å². The van der Waals surface area contributed by atoms with Gasteiger partial charge in [-0.15, -0.1) is 0 Å². The van der Waals surface area contributed by atoms with Gasteiger partial charge in [0.2, 0.25) is 11.8 Å². The molecule has 0 radical (unpaired) electrons. The van der Waals surface area contributed by atoms with Gasteiger partial charge < -0.3 is 35.6 Å². The molecule has 186 valence electrons. The lowest BCUT2D eigenvalue weighted by molar-refractivity contribution is -0.143. The van der Waals surface area contributed by atoms with Crippen molar-refractivity contribution < 1.29 is 34.4 Å². The van der Waals surface area contributed by atoms with E-state index in [-0.39, 0.29) is 12.3 Å². The highest BCUT2D eigenvalue weighted by Gasteiger charge is 2.36. The standard InChI is InChI=1S/C23H37N3O7/c1-5-6-7-11-24-20(30)19(16-9-8-10-17(29)14-16)26(12-13-27)21(31)18(15-28)25-22(32)33-23(2,3)4/h8-10,14,18-19,27-29H,5-7,11-13,15H2,1-4H3,(H,24,30)(H,25,32). The summed E-state index contributed by atoms with van der Waals surface area (Å²) in [6.07, 6.45) is 1.73. The van der Waals surface area contributed by atoms with Gasteiger partial charge in [-0.1, -0.05) is 31.9 Å². The fourth-order valence-electron chi connectivity index (χ4n) is 3.16. The van der Waals surface area contributed by atoms with Crippen LogP contribution in [0.2, 0.25) is 0 Å². The van der Waals surface area contributed by atoms with Gasteiger partial charge in [0.05, 0.1) is 13.2 Å². The third-order valence-electron chi connectivity index (χ3n) is 4.62. The van der Waals surface area contributed by atoms with Gasteiger partial charge in [-0.05, 0) is 44.9 Å². The maximum Gasteiger partial charge on any atom is 0.408 e. The Hall–Kier alpha value is -2.85. The molecule has 3 amide bonds. The number of unbranched alkanes of at least 4 members (excludes halogenated alkanes) is 2. The largest absolute Gasteiger partial charge is 0.508 e. The maximum atomic E-state index is 13.3. The number of nitrogens with one attached hydrogen (secondary N) is 2. The highest BCUT2D eigenvalue weighted by molar-refractivity contribution is 5.92. The summed E-state index contributed by atoms with van der Waals surface area (Å²) in [5, 5.41) is 34.4. The molecule has 5 N–H and O–H groups in total. The van der Waals surface area contributed by atoms with Crippen LogP contribution in [-0.2, 0) is 14.3 Å². The third-order valence-corrected chi connectivity index (χ3v) is 4.62. The Kier molecular flexibility index (Phi) is 11.7. The van der Waals surface area contributed by atoms with E-state index >= 15 is 0 Å². The van der Waals surface area contributed by atoms with Gasteiger partial charge in [0.15, 0.2) is 0 Å². The van der Waals surface area contributed by atoms with Crippen LogP contribution in [0.5, 0.6) is 5.75 Å². The minimum Gasteiger partial charge on any atom is -0.508 e. The Bertz CT molecular complexity index is 780. The second kappa shape index (κ2) is 13.6. The second-order valence-corrected chi connectivity index (χ2v) is 8.63. The van der Waals surface area contributed by atoms with Crippen LogP contribution >= 0.6 is 0 Å². The number of amides is 3. The lowest BCUT2D eigenvalue weighted by Crippen LogP contribution is -2.55. The van der Waals surface area contributed by atoms with Crippen molar-refractivity contribution in [3.63, 3.8) is 0 Å². The fraction of sp³-hybridized carbons (Fsp3) is 0.609. The van der Waals surface area contributed by atoms with Crippen molar-refractivity contribution in [2.75, 3.05) is 26.3 Å². The van der Waals surface area contributed by atoms with E-state index in [1.54, 1.807) is 26.8 Å². The zero-order chi connectivity index (χ0) is 25.0. The highest BCUT2D eigenvalue weighted by Crippen LogP contribution is 2.25. The monoisotopic (exact) mass is 467 g/mol. The average molecular weight is 468 g/mol. The van der Waals surface area contributed by atoms with E-state index in [1.807, 2.05) is 6.92 Å². The molecule has 10 heteroatoms. The van der Waals surface area contributed by atoms with E-state index in [0.29, 0.717) is 12.1 Å². The molecule has 1 aromatic carbocycles. The van der Waals surface area contributed by atoms with Gasteiger partial charge in [-0.25, -0.2) is 4.79 Å². The average Bonchev–Trinajstić information content (AvgIpc) is 2.73. The van der Waals surface area contributed by atoms with Crippen LogP contribution in [0.15, 0.2) is 24.3 Å². The molecule has 0 fully saturated rings. The zero-order valence-corrected chi connectivity index (χ0v) is 19.8. The van der Waals surface area contributed by atoms with Gasteiger partial charge in [-0.3, -0.25) is 9.59 Å². The van der Waals surface area contributed by atoms with Crippen molar-refractivity contribution in [2.45, 2.75) is 64.6 Å². The van der Waals surface area contributed by atoms with Gasteiger partial charge in [-0.2, -0.15) is 0 Å². The summed E-state index contributed by atoms with van der Waals surface area (Å²) in [6.45, 7) is 5.94. The summed E-state index contributed by atoms with van der Waals surface area (Å²) >= 11 is 0. The number of hydrogen-bond donors (Lipinski definition) is 5. The molecule has 0 saturated carbocycles. The van der Waals surface area contributed by atoms with E-state index in [1.165, 1.54) is 18.2 Å². The summed E-state index contributed by atoms with van der Waals surface area (Å²) in [4.78, 5) is 39.6. The Morgan fingerprint density at radius 2 is 1.85 bits per heavy atom. The summed E-state index contributed by atoms with van der Waals surface area (Å²) < 4.78 is 5.15. The Balaban J connectivity index is 3.23. The van der Waals surface area contributed by atoms with E-state index in [0.717, 1.165) is 24.2 Å². The third kappa shape index (κ3) is 9.67. The number of aromatic hydroxyl groups is 1.